The Morgan fingerprint density at radius 2 is 2.07 bits per heavy atom. The van der Waals surface area contributed by atoms with E-state index >= 15 is 0 Å². The largest absolute Gasteiger partial charge is 0.493 e. The molecule has 0 spiro atoms. The van der Waals surface area contributed by atoms with Crippen LogP contribution in [0.1, 0.15) is 78.7 Å². The highest BCUT2D eigenvalue weighted by molar-refractivity contribution is 6.30. The number of nitrogens with zero attached hydrogens (tertiary/aromatic N) is 3. The van der Waals surface area contributed by atoms with Crippen molar-refractivity contribution in [2.75, 3.05) is 20.3 Å². The zero-order chi connectivity index (χ0) is 28.7. The van der Waals surface area contributed by atoms with Crippen molar-refractivity contribution in [1.82, 2.24) is 19.7 Å². The number of ether oxygens (including phenoxy) is 2. The number of hydrogen-bond donors (Lipinski definition) is 1. The number of aryl methyl sites for hydroxylation is 1. The first kappa shape index (κ1) is 27.5. The van der Waals surface area contributed by atoms with Crippen LogP contribution in [0.4, 0.5) is 4.39 Å². The fourth-order valence-electron chi connectivity index (χ4n) is 5.85. The molecule has 7 nitrogen and oxygen atoms in total. The van der Waals surface area contributed by atoms with Gasteiger partial charge in [0.15, 0.2) is 11.4 Å². The maximum Gasteiger partial charge on any atom is 0.252 e. The zero-order valence-electron chi connectivity index (χ0n) is 23.5. The van der Waals surface area contributed by atoms with Crippen molar-refractivity contribution < 1.29 is 18.7 Å². The van der Waals surface area contributed by atoms with Gasteiger partial charge in [-0.05, 0) is 49.4 Å². The number of imidazole rings is 1. The van der Waals surface area contributed by atoms with Gasteiger partial charge in [0.1, 0.15) is 17.3 Å². The molecule has 2 aliphatic rings. The molecule has 2 atom stereocenters. The first-order valence-corrected chi connectivity index (χ1v) is 14.7. The first-order chi connectivity index (χ1) is 19.9. The standard InChI is InChI=1S/C32H34ClFN4O3/c1-4-6-22-16-38-15-21(12-28(40-3)31(38)36-22)32(39)35-14-24(19-7-5-8-19)27-13-23-18(2)17-41-30(23)29(37-27)20-9-10-25(33)26(34)11-20/h9-13,15-16,18-19,24H,4-8,14,17H2,1-3H3,(H,35,39). The number of methoxy groups -OCH3 is 1. The molecule has 3 aromatic heterocycles. The van der Waals surface area contributed by atoms with E-state index in [1.807, 2.05) is 10.6 Å². The molecule has 1 fully saturated rings. The van der Waals surface area contributed by atoms with Gasteiger partial charge in [0.25, 0.3) is 5.91 Å². The SMILES string of the molecule is CCCc1cn2cc(C(=O)NCC(c3cc4c(c(-c5ccc(Cl)c(F)c5)n3)OCC4C)C3CCC3)cc(OC)c2n1. The second-order valence-corrected chi connectivity index (χ2v) is 11.6. The van der Waals surface area contributed by atoms with Crippen molar-refractivity contribution in [2.24, 2.45) is 5.92 Å². The lowest BCUT2D eigenvalue weighted by molar-refractivity contribution is 0.0943. The van der Waals surface area contributed by atoms with Crippen molar-refractivity contribution in [2.45, 2.75) is 57.8 Å². The summed E-state index contributed by atoms with van der Waals surface area (Å²) < 4.78 is 27.9. The number of rotatable bonds is 9. The average molecular weight is 577 g/mol. The van der Waals surface area contributed by atoms with Crippen LogP contribution >= 0.6 is 11.6 Å². The van der Waals surface area contributed by atoms with Gasteiger partial charge in [0, 0.05) is 47.6 Å². The average Bonchev–Trinajstić information content (AvgIpc) is 3.53. The van der Waals surface area contributed by atoms with Crippen LogP contribution in [0, 0.1) is 11.7 Å². The van der Waals surface area contributed by atoms with Crippen LogP contribution in [0.2, 0.25) is 5.02 Å². The molecule has 1 N–H and O–H groups in total. The fourth-order valence-corrected chi connectivity index (χ4v) is 5.96. The molecule has 1 aromatic carbocycles. The third kappa shape index (κ3) is 5.25. The smallest absolute Gasteiger partial charge is 0.252 e. The summed E-state index contributed by atoms with van der Waals surface area (Å²) in [5, 5.41) is 3.24. The second-order valence-electron chi connectivity index (χ2n) is 11.2. The van der Waals surface area contributed by atoms with Gasteiger partial charge in [0.05, 0.1) is 30.0 Å². The lowest BCUT2D eigenvalue weighted by Crippen LogP contribution is -2.34. The summed E-state index contributed by atoms with van der Waals surface area (Å²) in [5.41, 5.74) is 5.36. The minimum atomic E-state index is -0.494. The molecule has 1 saturated carbocycles. The highest BCUT2D eigenvalue weighted by atomic mass is 35.5. The fraction of sp³-hybridized carbons (Fsp3) is 0.406. The number of halogens is 2. The molecule has 1 aliphatic carbocycles. The summed E-state index contributed by atoms with van der Waals surface area (Å²) in [6.07, 6.45) is 8.90. The summed E-state index contributed by atoms with van der Waals surface area (Å²) in [5.74, 6) is 1.18. The first-order valence-electron chi connectivity index (χ1n) is 14.3. The predicted molar refractivity (Wildman–Crippen MR) is 157 cm³/mol. The van der Waals surface area contributed by atoms with Crippen molar-refractivity contribution in [1.29, 1.82) is 0 Å². The highest BCUT2D eigenvalue weighted by Gasteiger charge is 2.34. The van der Waals surface area contributed by atoms with E-state index in [-0.39, 0.29) is 22.8 Å². The van der Waals surface area contributed by atoms with Gasteiger partial charge in [-0.1, -0.05) is 44.4 Å². The highest BCUT2D eigenvalue weighted by Crippen LogP contribution is 2.45. The maximum absolute atomic E-state index is 14.4. The van der Waals surface area contributed by atoms with Gasteiger partial charge in [-0.2, -0.15) is 0 Å². The molecule has 2 unspecified atom stereocenters. The minimum Gasteiger partial charge on any atom is -0.493 e. The number of carbonyl (C=O) groups excluding carboxylic acids is 1. The Labute approximate surface area is 244 Å². The number of amides is 1. The maximum atomic E-state index is 14.4. The Morgan fingerprint density at radius 3 is 2.78 bits per heavy atom. The number of hydrogen-bond acceptors (Lipinski definition) is 5. The van der Waals surface area contributed by atoms with E-state index in [1.54, 1.807) is 31.5 Å². The van der Waals surface area contributed by atoms with E-state index < -0.39 is 5.82 Å². The molecule has 4 aromatic rings. The molecule has 0 radical (unpaired) electrons. The molecule has 0 saturated heterocycles. The summed E-state index contributed by atoms with van der Waals surface area (Å²) in [4.78, 5) is 23.2. The van der Waals surface area contributed by atoms with E-state index in [0.717, 1.165) is 49.1 Å². The van der Waals surface area contributed by atoms with E-state index in [4.69, 9.17) is 26.1 Å². The topological polar surface area (TPSA) is 77.8 Å². The van der Waals surface area contributed by atoms with Crippen LogP contribution in [0.5, 0.6) is 11.5 Å². The van der Waals surface area contributed by atoms with E-state index in [1.165, 1.54) is 6.07 Å². The van der Waals surface area contributed by atoms with Crippen LogP contribution in [-0.4, -0.2) is 40.5 Å². The molecule has 0 bridgehead atoms. The van der Waals surface area contributed by atoms with Crippen molar-refractivity contribution in [3.63, 3.8) is 0 Å². The Morgan fingerprint density at radius 1 is 1.24 bits per heavy atom. The van der Waals surface area contributed by atoms with Gasteiger partial charge in [-0.15, -0.1) is 0 Å². The normalized spacial score (nSPS) is 17.1. The number of fused-ring (bicyclic) bond motifs is 2. The van der Waals surface area contributed by atoms with Gasteiger partial charge >= 0.3 is 0 Å². The van der Waals surface area contributed by atoms with Gasteiger partial charge < -0.3 is 19.2 Å². The number of nitrogens with one attached hydrogen (secondary N) is 1. The van der Waals surface area contributed by atoms with E-state index in [2.05, 4.69) is 30.2 Å². The zero-order valence-corrected chi connectivity index (χ0v) is 24.3. The summed E-state index contributed by atoms with van der Waals surface area (Å²) in [6, 6.07) is 8.59. The third-order valence-electron chi connectivity index (χ3n) is 8.36. The van der Waals surface area contributed by atoms with Crippen LogP contribution in [0.3, 0.4) is 0 Å². The van der Waals surface area contributed by atoms with E-state index in [9.17, 15) is 9.18 Å². The molecule has 6 rings (SSSR count). The van der Waals surface area contributed by atoms with Gasteiger partial charge in [-0.25, -0.2) is 14.4 Å². The Hall–Kier alpha value is -3.65. The number of aromatic nitrogens is 3. The molecular formula is C32H34ClFN4O3. The summed E-state index contributed by atoms with van der Waals surface area (Å²) >= 11 is 5.97. The predicted octanol–water partition coefficient (Wildman–Crippen LogP) is 6.96. The Balaban J connectivity index is 1.31. The molecule has 1 aliphatic heterocycles. The van der Waals surface area contributed by atoms with Crippen LogP contribution in [-0.2, 0) is 6.42 Å². The lowest BCUT2D eigenvalue weighted by Gasteiger charge is -2.34. The van der Waals surface area contributed by atoms with Crippen molar-refractivity contribution in [3.8, 4) is 22.8 Å². The van der Waals surface area contributed by atoms with Crippen LogP contribution in [0.25, 0.3) is 16.9 Å². The second kappa shape index (κ2) is 11.3. The molecule has 214 valence electrons. The number of pyridine rings is 2. The van der Waals surface area contributed by atoms with E-state index in [0.29, 0.717) is 53.0 Å². The summed E-state index contributed by atoms with van der Waals surface area (Å²) in [7, 11) is 1.59. The van der Waals surface area contributed by atoms with Crippen molar-refractivity contribution in [3.05, 3.63) is 76.1 Å². The molecular weight excluding hydrogens is 543 g/mol. The molecule has 41 heavy (non-hydrogen) atoms. The van der Waals surface area contributed by atoms with Gasteiger partial charge in [0.2, 0.25) is 0 Å². The summed E-state index contributed by atoms with van der Waals surface area (Å²) in [6.45, 7) is 5.21. The third-order valence-corrected chi connectivity index (χ3v) is 8.67. The monoisotopic (exact) mass is 576 g/mol. The van der Waals surface area contributed by atoms with Crippen LogP contribution in [0.15, 0.2) is 42.7 Å². The van der Waals surface area contributed by atoms with Gasteiger partial charge in [-0.3, -0.25) is 4.79 Å². The number of benzene rings is 1. The quantitative estimate of drug-likeness (QED) is 0.233. The number of carbonyl (C=O) groups is 1. The molecule has 1 amide bonds. The lowest BCUT2D eigenvalue weighted by atomic mass is 9.74. The molecule has 9 heteroatoms. The Kier molecular flexibility index (Phi) is 7.60. The van der Waals surface area contributed by atoms with Crippen molar-refractivity contribution >= 4 is 23.2 Å². The Bertz CT molecular complexity index is 1620. The van der Waals surface area contributed by atoms with Crippen LogP contribution < -0.4 is 14.8 Å². The molecule has 4 heterocycles. The minimum absolute atomic E-state index is 0.0109.